The number of anilines is 2. The van der Waals surface area contributed by atoms with Gasteiger partial charge < -0.3 is 15.5 Å². The van der Waals surface area contributed by atoms with E-state index < -0.39 is 10.0 Å². The van der Waals surface area contributed by atoms with Gasteiger partial charge in [-0.2, -0.15) is 4.31 Å². The summed E-state index contributed by atoms with van der Waals surface area (Å²) in [6.07, 6.45) is 1.75. The SMILES string of the molecule is Cc1cc(C)cc(NC(=S)NCCS(=O)(=O)N2CCN(c3ccccn3)CC2)c1. The predicted molar refractivity (Wildman–Crippen MR) is 122 cm³/mol. The second kappa shape index (κ2) is 9.51. The molecule has 1 aromatic heterocycles. The first-order valence-corrected chi connectivity index (χ1v) is 11.6. The number of rotatable bonds is 6. The Morgan fingerprint density at radius 3 is 2.41 bits per heavy atom. The molecule has 0 amide bonds. The van der Waals surface area contributed by atoms with Crippen molar-refractivity contribution in [2.24, 2.45) is 0 Å². The lowest BCUT2D eigenvalue weighted by atomic mass is 10.1. The average Bonchev–Trinajstić information content (AvgIpc) is 2.68. The molecule has 1 aliphatic heterocycles. The van der Waals surface area contributed by atoms with Gasteiger partial charge >= 0.3 is 0 Å². The summed E-state index contributed by atoms with van der Waals surface area (Å²) in [5, 5.41) is 6.53. The number of hydrogen-bond acceptors (Lipinski definition) is 5. The number of aromatic nitrogens is 1. The Hall–Kier alpha value is -2.23. The van der Waals surface area contributed by atoms with Gasteiger partial charge in [-0.1, -0.05) is 12.1 Å². The summed E-state index contributed by atoms with van der Waals surface area (Å²) in [5.41, 5.74) is 3.18. The average molecular weight is 434 g/mol. The van der Waals surface area contributed by atoms with Crippen molar-refractivity contribution in [2.75, 3.05) is 48.7 Å². The predicted octanol–water partition coefficient (Wildman–Crippen LogP) is 2.14. The molecule has 0 bridgehead atoms. The summed E-state index contributed by atoms with van der Waals surface area (Å²) in [5.74, 6) is 0.889. The van der Waals surface area contributed by atoms with Crippen molar-refractivity contribution in [1.29, 1.82) is 0 Å². The monoisotopic (exact) mass is 433 g/mol. The fraction of sp³-hybridized carbons (Fsp3) is 0.400. The molecule has 7 nitrogen and oxygen atoms in total. The van der Waals surface area contributed by atoms with Crippen molar-refractivity contribution in [3.05, 3.63) is 53.7 Å². The molecule has 1 saturated heterocycles. The maximum atomic E-state index is 12.6. The zero-order chi connectivity index (χ0) is 20.9. The Labute approximate surface area is 178 Å². The minimum absolute atomic E-state index is 0.00521. The van der Waals surface area contributed by atoms with E-state index in [2.05, 4.69) is 26.6 Å². The van der Waals surface area contributed by atoms with E-state index in [1.807, 2.05) is 44.2 Å². The number of sulfonamides is 1. The van der Waals surface area contributed by atoms with Crippen LogP contribution < -0.4 is 15.5 Å². The van der Waals surface area contributed by atoms with Crippen LogP contribution in [-0.4, -0.2) is 61.3 Å². The van der Waals surface area contributed by atoms with Crippen molar-refractivity contribution < 1.29 is 8.42 Å². The number of piperazine rings is 1. The van der Waals surface area contributed by atoms with Crippen LogP contribution in [-0.2, 0) is 10.0 Å². The van der Waals surface area contributed by atoms with Crippen LogP contribution in [0.2, 0.25) is 0 Å². The van der Waals surface area contributed by atoms with Crippen LogP contribution in [0.5, 0.6) is 0 Å². The van der Waals surface area contributed by atoms with E-state index in [0.717, 1.165) is 22.6 Å². The minimum atomic E-state index is -3.33. The van der Waals surface area contributed by atoms with Gasteiger partial charge in [0.25, 0.3) is 0 Å². The highest BCUT2D eigenvalue weighted by atomic mass is 32.2. The van der Waals surface area contributed by atoms with Gasteiger partial charge in [-0.3, -0.25) is 0 Å². The number of hydrogen-bond donors (Lipinski definition) is 2. The fourth-order valence-electron chi connectivity index (χ4n) is 3.38. The van der Waals surface area contributed by atoms with Gasteiger partial charge in [0, 0.05) is 44.6 Å². The molecule has 0 aliphatic carbocycles. The number of aryl methyl sites for hydroxylation is 2. The van der Waals surface area contributed by atoms with Gasteiger partial charge in [0.05, 0.1) is 5.75 Å². The molecular weight excluding hydrogens is 406 g/mol. The van der Waals surface area contributed by atoms with Crippen molar-refractivity contribution in [1.82, 2.24) is 14.6 Å². The first-order valence-electron chi connectivity index (χ1n) is 9.60. The van der Waals surface area contributed by atoms with Crippen molar-refractivity contribution >= 4 is 38.9 Å². The highest BCUT2D eigenvalue weighted by molar-refractivity contribution is 7.89. The van der Waals surface area contributed by atoms with E-state index >= 15 is 0 Å². The van der Waals surface area contributed by atoms with Crippen molar-refractivity contribution in [3.8, 4) is 0 Å². The summed E-state index contributed by atoms with van der Waals surface area (Å²) in [6, 6.07) is 11.8. The zero-order valence-corrected chi connectivity index (χ0v) is 18.4. The highest BCUT2D eigenvalue weighted by Crippen LogP contribution is 2.15. The molecule has 0 saturated carbocycles. The van der Waals surface area contributed by atoms with Gasteiger partial charge in [-0.25, -0.2) is 13.4 Å². The zero-order valence-electron chi connectivity index (χ0n) is 16.8. The molecule has 1 fully saturated rings. The standard InChI is InChI=1S/C20H27N5O2S2/c1-16-13-17(2)15-18(14-16)23-20(28)22-7-12-29(26,27)25-10-8-24(9-11-25)19-5-3-4-6-21-19/h3-6,13-15H,7-12H2,1-2H3,(H2,22,23,28). The van der Waals surface area contributed by atoms with Gasteiger partial charge in [0.1, 0.15) is 5.82 Å². The Balaban J connectivity index is 1.44. The van der Waals surface area contributed by atoms with E-state index in [0.29, 0.717) is 31.3 Å². The molecule has 1 aromatic carbocycles. The number of nitrogens with zero attached hydrogens (tertiary/aromatic N) is 3. The summed E-state index contributed by atoms with van der Waals surface area (Å²) >= 11 is 5.29. The fourth-order valence-corrected chi connectivity index (χ4v) is 4.94. The first-order chi connectivity index (χ1) is 13.8. The molecule has 2 aromatic rings. The molecule has 0 spiro atoms. The molecule has 29 heavy (non-hydrogen) atoms. The van der Waals surface area contributed by atoms with E-state index in [1.165, 1.54) is 0 Å². The molecule has 3 rings (SSSR count). The van der Waals surface area contributed by atoms with Crippen molar-refractivity contribution in [2.45, 2.75) is 13.8 Å². The van der Waals surface area contributed by atoms with Crippen LogP contribution in [0.15, 0.2) is 42.6 Å². The highest BCUT2D eigenvalue weighted by Gasteiger charge is 2.27. The third-order valence-electron chi connectivity index (χ3n) is 4.73. The van der Waals surface area contributed by atoms with Gasteiger partial charge in [0.2, 0.25) is 10.0 Å². The Kier molecular flexibility index (Phi) is 7.05. The van der Waals surface area contributed by atoms with Crippen LogP contribution >= 0.6 is 12.2 Å². The van der Waals surface area contributed by atoms with E-state index in [1.54, 1.807) is 10.5 Å². The van der Waals surface area contributed by atoms with Crippen molar-refractivity contribution in [3.63, 3.8) is 0 Å². The van der Waals surface area contributed by atoms with Crippen LogP contribution in [0.3, 0.4) is 0 Å². The van der Waals surface area contributed by atoms with Crippen LogP contribution in [0.25, 0.3) is 0 Å². The third kappa shape index (κ3) is 6.12. The Morgan fingerprint density at radius 2 is 1.79 bits per heavy atom. The molecule has 0 unspecified atom stereocenters. The first kappa shape index (κ1) is 21.5. The number of pyridine rings is 1. The van der Waals surface area contributed by atoms with E-state index in [-0.39, 0.29) is 12.3 Å². The molecule has 156 valence electrons. The Bertz CT molecular complexity index is 922. The topological polar surface area (TPSA) is 77.6 Å². The molecule has 0 atom stereocenters. The lowest BCUT2D eigenvalue weighted by molar-refractivity contribution is 0.384. The maximum absolute atomic E-state index is 12.6. The number of nitrogens with one attached hydrogen (secondary N) is 2. The molecule has 9 heteroatoms. The summed E-state index contributed by atoms with van der Waals surface area (Å²) in [6.45, 7) is 6.50. The summed E-state index contributed by atoms with van der Waals surface area (Å²) in [7, 11) is -3.33. The summed E-state index contributed by atoms with van der Waals surface area (Å²) < 4.78 is 26.8. The smallest absolute Gasteiger partial charge is 0.215 e. The third-order valence-corrected chi connectivity index (χ3v) is 6.85. The molecular formula is C20H27N5O2S2. The molecule has 2 N–H and O–H groups in total. The van der Waals surface area contributed by atoms with Gasteiger partial charge in [-0.15, -0.1) is 0 Å². The number of thiocarbonyl (C=S) groups is 1. The van der Waals surface area contributed by atoms with Gasteiger partial charge in [-0.05, 0) is 61.5 Å². The van der Waals surface area contributed by atoms with E-state index in [9.17, 15) is 8.42 Å². The second-order valence-corrected chi connectivity index (χ2v) is 9.64. The molecule has 0 radical (unpaired) electrons. The quantitative estimate of drug-likeness (QED) is 0.676. The van der Waals surface area contributed by atoms with Crippen LogP contribution in [0.1, 0.15) is 11.1 Å². The largest absolute Gasteiger partial charge is 0.361 e. The summed E-state index contributed by atoms with van der Waals surface area (Å²) in [4.78, 5) is 6.43. The lowest BCUT2D eigenvalue weighted by Crippen LogP contribution is -2.50. The second-order valence-electron chi connectivity index (χ2n) is 7.15. The Morgan fingerprint density at radius 1 is 1.10 bits per heavy atom. The molecule has 2 heterocycles. The lowest BCUT2D eigenvalue weighted by Gasteiger charge is -2.34. The molecule has 1 aliphatic rings. The minimum Gasteiger partial charge on any atom is -0.361 e. The van der Waals surface area contributed by atoms with E-state index in [4.69, 9.17) is 12.2 Å². The number of benzene rings is 1. The van der Waals surface area contributed by atoms with Gasteiger partial charge in [0.15, 0.2) is 5.11 Å². The maximum Gasteiger partial charge on any atom is 0.215 e. The normalized spacial score (nSPS) is 15.2. The van der Waals surface area contributed by atoms with Crippen LogP contribution in [0, 0.1) is 13.8 Å². The van der Waals surface area contributed by atoms with Crippen LogP contribution in [0.4, 0.5) is 11.5 Å².